The van der Waals surface area contributed by atoms with Gasteiger partial charge in [0.2, 0.25) is 0 Å². The van der Waals surface area contributed by atoms with Crippen LogP contribution in [0.1, 0.15) is 5.71 Å². The van der Waals surface area contributed by atoms with Crippen LogP contribution in [0.25, 0.3) is 0 Å². The van der Waals surface area contributed by atoms with Crippen molar-refractivity contribution in [1.82, 2.24) is 0 Å². The van der Waals surface area contributed by atoms with E-state index in [1.807, 2.05) is 0 Å². The summed E-state index contributed by atoms with van der Waals surface area (Å²) < 4.78 is 8.33. The maximum Gasteiger partial charge on any atom is 2.00 e. The smallest absolute Gasteiger partial charge is 2.00 e. The molecule has 0 N–H and O–H groups in total. The monoisotopic (exact) mass is 430 g/mol. The average Bonchev–Trinajstić information content (AvgIpc) is 1.00. The molecule has 0 saturated heterocycles. The number of hydrogen-bond donors (Lipinski definition) is 0. The van der Waals surface area contributed by atoms with Crippen LogP contribution in [0, 0.1) is 0 Å². The van der Waals surface area contributed by atoms with E-state index in [0.29, 0.717) is 19.8 Å². The minimum atomic E-state index is 0. The summed E-state index contributed by atoms with van der Waals surface area (Å²) in [5.41, 5.74) is 0. The average molecular weight is 429 g/mol. The van der Waals surface area contributed by atoms with Gasteiger partial charge in [-0.25, -0.2) is 0 Å². The van der Waals surface area contributed by atoms with Crippen molar-refractivity contribution in [2.75, 3.05) is 0 Å². The van der Waals surface area contributed by atoms with Crippen LogP contribution in [0.15, 0.2) is 0 Å². The van der Waals surface area contributed by atoms with Crippen molar-refractivity contribution in [3.63, 3.8) is 0 Å². The predicted octanol–water partition coefficient (Wildman–Crippen LogP) is -0.433. The van der Waals surface area contributed by atoms with E-state index in [2.05, 4.69) is 0 Å². The van der Waals surface area contributed by atoms with E-state index in [-0.39, 0.29) is 100 Å². The summed E-state index contributed by atoms with van der Waals surface area (Å²) in [4.78, 5) is 0. The molecule has 0 aromatic carbocycles. The van der Waals surface area contributed by atoms with Gasteiger partial charge in [-0.1, -0.05) is 0 Å². The molecule has 0 spiro atoms. The van der Waals surface area contributed by atoms with Gasteiger partial charge in [0.05, 0.1) is 0 Å². The quantitative estimate of drug-likeness (QED) is 0.479. The van der Waals surface area contributed by atoms with Crippen LogP contribution in [-0.2, 0) is 23.2 Å². The molecule has 0 aliphatic carbocycles. The molecule has 0 amide bonds. The molecule has 0 aliphatic heterocycles. The third-order valence-corrected chi connectivity index (χ3v) is 0. The van der Waals surface area contributed by atoms with Crippen molar-refractivity contribution in [1.29, 1.82) is 0 Å². The Morgan fingerprint density at radius 3 is 1.50 bits per heavy atom. The maximum atomic E-state index is 8.33. The molecule has 0 heterocycles. The third kappa shape index (κ3) is 9.11. The fourth-order valence-corrected chi connectivity index (χ4v) is 0. The summed E-state index contributed by atoms with van der Waals surface area (Å²) in [5.74, 6) is 0. The van der Waals surface area contributed by atoms with Crippen LogP contribution in [0.4, 0.5) is 0 Å². The van der Waals surface area contributed by atoms with Gasteiger partial charge >= 0.3 is 118 Å². The van der Waals surface area contributed by atoms with E-state index >= 15 is 0 Å². The minimum Gasteiger partial charge on any atom is 2.00 e. The van der Waals surface area contributed by atoms with Gasteiger partial charge < -0.3 is 5.71 Å². The molecule has 0 fully saturated rings. The summed E-state index contributed by atoms with van der Waals surface area (Å²) >= 11 is 0.333. The van der Waals surface area contributed by atoms with Gasteiger partial charge in [-0.3, -0.25) is 0 Å². The van der Waals surface area contributed by atoms with Gasteiger partial charge in [0.25, 0.3) is 0 Å². The zero-order valence-corrected chi connectivity index (χ0v) is 13.1. The Bertz CT molecular complexity index is 16.0. The van der Waals surface area contributed by atoms with Crippen molar-refractivity contribution in [2.24, 2.45) is 0 Å². The van der Waals surface area contributed by atoms with E-state index < -0.39 is 0 Å². The molecule has 4 heteroatoms. The molecular formula is H4BaOSrW. The van der Waals surface area contributed by atoms with Crippen LogP contribution in [0.2, 0.25) is 0 Å². The molecule has 0 bridgehead atoms. The van der Waals surface area contributed by atoms with Gasteiger partial charge in [0.1, 0.15) is 0 Å². The van der Waals surface area contributed by atoms with E-state index in [1.165, 1.54) is 0 Å². The van der Waals surface area contributed by atoms with Crippen LogP contribution < -0.4 is 0 Å². The Hall–Kier alpha value is 3.54. The van der Waals surface area contributed by atoms with Crippen molar-refractivity contribution in [3.05, 3.63) is 0 Å². The first-order valence-corrected chi connectivity index (χ1v) is 1.36. The predicted molar refractivity (Wildman–Crippen MR) is 16.6 cm³/mol. The van der Waals surface area contributed by atoms with Crippen LogP contribution in [-0.4, -0.2) is 94.4 Å². The van der Waals surface area contributed by atoms with Gasteiger partial charge in [0, 0.05) is 0 Å². The Morgan fingerprint density at radius 1 is 1.50 bits per heavy atom. The summed E-state index contributed by atoms with van der Waals surface area (Å²) in [7, 11) is 0. The molecule has 0 aromatic heterocycles. The summed E-state index contributed by atoms with van der Waals surface area (Å²) in [6, 6.07) is 0. The van der Waals surface area contributed by atoms with Crippen LogP contribution in [0.5, 0.6) is 0 Å². The fourth-order valence-electron chi connectivity index (χ4n) is 0. The summed E-state index contributed by atoms with van der Waals surface area (Å²) in [6.45, 7) is 0. The Morgan fingerprint density at radius 2 is 1.50 bits per heavy atom. The molecular weight excluding hydrogens is 425 g/mol. The first kappa shape index (κ1) is 15.6. The second-order valence-corrected chi connectivity index (χ2v) is 0. The van der Waals surface area contributed by atoms with E-state index in [4.69, 9.17) is 3.40 Å². The second-order valence-electron chi connectivity index (χ2n) is 0. The fraction of sp³-hybridized carbons (Fsp3) is 0. The molecule has 0 saturated carbocycles. The van der Waals surface area contributed by atoms with Crippen molar-refractivity contribution >= 4 is 94.4 Å². The first-order valence-electron chi connectivity index (χ1n) is 0.167. The van der Waals surface area contributed by atoms with Crippen molar-refractivity contribution in [2.45, 2.75) is 0 Å². The molecule has 0 atom stereocenters. The molecule has 0 radical (unpaired) electrons. The number of rotatable bonds is 0. The van der Waals surface area contributed by atoms with Gasteiger partial charge in [-0.05, 0) is 0 Å². The molecule has 0 aliphatic rings. The van der Waals surface area contributed by atoms with Gasteiger partial charge in [-0.15, -0.1) is 0 Å². The first-order chi connectivity index (χ1) is 1.00. The topological polar surface area (TPSA) is 17.1 Å². The van der Waals surface area contributed by atoms with Gasteiger partial charge in [0.15, 0.2) is 0 Å². The summed E-state index contributed by atoms with van der Waals surface area (Å²) in [6.07, 6.45) is 0. The molecule has 0 rings (SSSR count). The molecule has 0 unspecified atom stereocenters. The molecule has 0 aromatic rings. The molecule has 1 nitrogen and oxygen atoms in total. The minimum absolute atomic E-state index is 0. The third-order valence-electron chi connectivity index (χ3n) is 0. The Kier molecular flexibility index (Phi) is 62.7. The van der Waals surface area contributed by atoms with E-state index in [1.54, 1.807) is 0 Å². The molecule has 20 valence electrons. The maximum absolute atomic E-state index is 8.33. The van der Waals surface area contributed by atoms with Crippen molar-refractivity contribution in [3.8, 4) is 0 Å². The standard InChI is InChI=1S/Ba.O.Sr.W.4H/q+2;;+2;;4*-1. The largest absolute Gasteiger partial charge is 2.00 e. The zero-order valence-electron chi connectivity index (χ0n) is 6.23. The van der Waals surface area contributed by atoms with E-state index in [0.717, 1.165) is 0 Å². The van der Waals surface area contributed by atoms with Crippen LogP contribution in [0.3, 0.4) is 0 Å². The summed E-state index contributed by atoms with van der Waals surface area (Å²) in [5, 5.41) is 0. The Labute approximate surface area is 120 Å². The van der Waals surface area contributed by atoms with Gasteiger partial charge in [-0.2, -0.15) is 0 Å². The SMILES string of the molecule is [Ba+2].[H-].[H-].[H-].[H-].[O]=[W].[Sr+2]. The zero-order chi connectivity index (χ0) is 2.00. The second kappa shape index (κ2) is 16.0. The number of hydrogen-bond acceptors (Lipinski definition) is 1. The van der Waals surface area contributed by atoms with E-state index in [9.17, 15) is 0 Å². The normalized spacial score (nSPS) is 1.00. The van der Waals surface area contributed by atoms with Crippen molar-refractivity contribution < 1.29 is 28.9 Å². The Balaban J connectivity index is -0.000000000333. The van der Waals surface area contributed by atoms with Crippen LogP contribution >= 0.6 is 0 Å². The molecule has 4 heavy (non-hydrogen) atoms.